The van der Waals surface area contributed by atoms with Crippen molar-refractivity contribution in [2.45, 2.75) is 25.7 Å². The van der Waals surface area contributed by atoms with Gasteiger partial charge in [0.05, 0.1) is 12.8 Å². The number of phenolic OH excluding ortho intramolecular Hbond substituents is 1. The predicted molar refractivity (Wildman–Crippen MR) is 119 cm³/mol. The van der Waals surface area contributed by atoms with E-state index in [1.165, 1.54) is 16.7 Å². The number of fused-ring (bicyclic) bond motifs is 1. The highest BCUT2D eigenvalue weighted by Crippen LogP contribution is 2.35. The van der Waals surface area contributed by atoms with Gasteiger partial charge in [-0.25, -0.2) is 0 Å². The molecule has 146 valence electrons. The van der Waals surface area contributed by atoms with Crippen LogP contribution in [0.15, 0.2) is 67.4 Å². The molecule has 29 heavy (non-hydrogen) atoms. The van der Waals surface area contributed by atoms with E-state index in [9.17, 15) is 5.11 Å². The molecule has 2 aromatic carbocycles. The Hall–Kier alpha value is -3.33. The molecule has 0 saturated carbocycles. The van der Waals surface area contributed by atoms with Crippen molar-refractivity contribution in [3.8, 4) is 11.5 Å². The lowest BCUT2D eigenvalue weighted by atomic mass is 9.95. The monoisotopic (exact) mass is 383 g/mol. The molecule has 3 heteroatoms. The average molecular weight is 383 g/mol. The van der Waals surface area contributed by atoms with E-state index in [0.29, 0.717) is 6.42 Å². The Morgan fingerprint density at radius 3 is 2.79 bits per heavy atom. The molecule has 0 unspecified atom stereocenters. The van der Waals surface area contributed by atoms with Gasteiger partial charge in [0, 0.05) is 18.2 Å². The van der Waals surface area contributed by atoms with Crippen molar-refractivity contribution in [3.05, 3.63) is 95.3 Å². The number of para-hydroxylation sites is 1. The van der Waals surface area contributed by atoms with Gasteiger partial charge in [0.25, 0.3) is 0 Å². The van der Waals surface area contributed by atoms with E-state index in [4.69, 9.17) is 9.72 Å². The largest absolute Gasteiger partial charge is 0.508 e. The third kappa shape index (κ3) is 4.09. The van der Waals surface area contributed by atoms with E-state index < -0.39 is 0 Å². The summed E-state index contributed by atoms with van der Waals surface area (Å²) in [6.45, 7) is 4.25. The van der Waals surface area contributed by atoms with Gasteiger partial charge >= 0.3 is 0 Å². The number of aromatic nitrogens is 1. The van der Waals surface area contributed by atoms with Gasteiger partial charge in [-0.05, 0) is 77.4 Å². The summed E-state index contributed by atoms with van der Waals surface area (Å²) in [4.78, 5) is 4.69. The van der Waals surface area contributed by atoms with Crippen molar-refractivity contribution in [2.24, 2.45) is 0 Å². The van der Waals surface area contributed by atoms with Crippen LogP contribution in [-0.2, 0) is 12.8 Å². The molecule has 0 fully saturated rings. The van der Waals surface area contributed by atoms with Crippen LogP contribution in [0.1, 0.15) is 40.8 Å². The van der Waals surface area contributed by atoms with E-state index in [1.807, 2.05) is 30.5 Å². The Morgan fingerprint density at radius 2 is 1.97 bits per heavy atom. The average Bonchev–Trinajstić information content (AvgIpc) is 2.97. The third-order valence-corrected chi connectivity index (χ3v) is 5.46. The van der Waals surface area contributed by atoms with Gasteiger partial charge in [-0.1, -0.05) is 36.9 Å². The molecule has 0 amide bonds. The molecule has 0 bridgehead atoms. The van der Waals surface area contributed by atoms with Crippen LogP contribution < -0.4 is 4.74 Å². The molecule has 1 heterocycles. The molecule has 0 spiro atoms. The SMILES string of the molecule is C=C(Cc1nccc2c1C=C(c1ccccc1OC)CCC2)c1cccc(O)c1. The number of benzene rings is 2. The molecule has 1 aliphatic carbocycles. The zero-order valence-corrected chi connectivity index (χ0v) is 16.7. The summed E-state index contributed by atoms with van der Waals surface area (Å²) >= 11 is 0. The number of methoxy groups -OCH3 is 1. The number of ether oxygens (including phenoxy) is 1. The Kier molecular flexibility index (Phi) is 5.48. The first kappa shape index (κ1) is 19.0. The number of nitrogens with zero attached hydrogens (tertiary/aromatic N) is 1. The van der Waals surface area contributed by atoms with Crippen LogP contribution >= 0.6 is 0 Å². The zero-order valence-electron chi connectivity index (χ0n) is 16.7. The lowest BCUT2D eigenvalue weighted by Gasteiger charge is -2.13. The van der Waals surface area contributed by atoms with Crippen LogP contribution in [0.2, 0.25) is 0 Å². The number of allylic oxidation sites excluding steroid dienone is 2. The number of pyridine rings is 1. The van der Waals surface area contributed by atoms with Crippen molar-refractivity contribution in [3.63, 3.8) is 0 Å². The van der Waals surface area contributed by atoms with Crippen molar-refractivity contribution in [1.29, 1.82) is 0 Å². The Labute approximate surface area is 172 Å². The van der Waals surface area contributed by atoms with Crippen LogP contribution in [0, 0.1) is 0 Å². The first-order valence-corrected chi connectivity index (χ1v) is 9.93. The minimum absolute atomic E-state index is 0.252. The van der Waals surface area contributed by atoms with Crippen molar-refractivity contribution >= 4 is 17.2 Å². The molecule has 0 aliphatic heterocycles. The Bertz CT molecular complexity index is 1080. The van der Waals surface area contributed by atoms with Gasteiger partial charge in [-0.15, -0.1) is 0 Å². The van der Waals surface area contributed by atoms with Crippen molar-refractivity contribution in [1.82, 2.24) is 4.98 Å². The topological polar surface area (TPSA) is 42.4 Å². The molecule has 1 N–H and O–H groups in total. The maximum Gasteiger partial charge on any atom is 0.126 e. The number of hydrogen-bond acceptors (Lipinski definition) is 3. The lowest BCUT2D eigenvalue weighted by molar-refractivity contribution is 0.413. The number of aryl methyl sites for hydroxylation is 1. The van der Waals surface area contributed by atoms with Gasteiger partial charge in [-0.3, -0.25) is 4.98 Å². The van der Waals surface area contributed by atoms with Gasteiger partial charge in [-0.2, -0.15) is 0 Å². The summed E-state index contributed by atoms with van der Waals surface area (Å²) in [6, 6.07) is 17.5. The second-order valence-corrected chi connectivity index (χ2v) is 7.38. The molecule has 4 rings (SSSR count). The summed E-state index contributed by atoms with van der Waals surface area (Å²) < 4.78 is 5.60. The second kappa shape index (κ2) is 8.36. The van der Waals surface area contributed by atoms with E-state index in [0.717, 1.165) is 47.4 Å². The molecule has 0 saturated heterocycles. The second-order valence-electron chi connectivity index (χ2n) is 7.38. The van der Waals surface area contributed by atoms with Crippen LogP contribution in [0.3, 0.4) is 0 Å². The van der Waals surface area contributed by atoms with E-state index in [1.54, 1.807) is 19.2 Å². The predicted octanol–water partition coefficient (Wildman–Crippen LogP) is 5.93. The molecule has 0 radical (unpaired) electrons. The molecular formula is C26H25NO2. The number of phenols is 1. The van der Waals surface area contributed by atoms with Crippen LogP contribution in [0.25, 0.3) is 17.2 Å². The molecule has 1 aromatic heterocycles. The maximum atomic E-state index is 9.79. The van der Waals surface area contributed by atoms with Gasteiger partial charge < -0.3 is 9.84 Å². The van der Waals surface area contributed by atoms with Crippen LogP contribution in [0.4, 0.5) is 0 Å². The molecular weight excluding hydrogens is 358 g/mol. The lowest BCUT2D eigenvalue weighted by Crippen LogP contribution is -2.00. The molecule has 3 nitrogen and oxygen atoms in total. The van der Waals surface area contributed by atoms with Crippen LogP contribution in [0.5, 0.6) is 11.5 Å². The van der Waals surface area contributed by atoms with E-state index in [2.05, 4.69) is 30.9 Å². The summed E-state index contributed by atoms with van der Waals surface area (Å²) in [5, 5.41) is 9.79. The van der Waals surface area contributed by atoms with Gasteiger partial charge in [0.2, 0.25) is 0 Å². The Morgan fingerprint density at radius 1 is 1.10 bits per heavy atom. The highest BCUT2D eigenvalue weighted by atomic mass is 16.5. The minimum atomic E-state index is 0.252. The van der Waals surface area contributed by atoms with Crippen molar-refractivity contribution in [2.75, 3.05) is 7.11 Å². The number of aromatic hydroxyl groups is 1. The summed E-state index contributed by atoms with van der Waals surface area (Å²) in [7, 11) is 1.72. The normalized spacial score (nSPS) is 13.2. The van der Waals surface area contributed by atoms with Crippen molar-refractivity contribution < 1.29 is 9.84 Å². The fourth-order valence-electron chi connectivity index (χ4n) is 3.96. The highest BCUT2D eigenvalue weighted by molar-refractivity contribution is 5.86. The quantitative estimate of drug-likeness (QED) is 0.594. The zero-order chi connectivity index (χ0) is 20.2. The smallest absolute Gasteiger partial charge is 0.126 e. The first-order chi connectivity index (χ1) is 14.2. The van der Waals surface area contributed by atoms with E-state index in [-0.39, 0.29) is 5.75 Å². The molecule has 0 atom stereocenters. The molecule has 3 aromatic rings. The van der Waals surface area contributed by atoms with Gasteiger partial charge in [0.1, 0.15) is 11.5 Å². The van der Waals surface area contributed by atoms with E-state index >= 15 is 0 Å². The minimum Gasteiger partial charge on any atom is -0.508 e. The standard InChI is InChI=1S/C26H25NO2/c1-18(20-8-6-10-22(28)16-20)15-25-24-17-21(9-5-7-19(24)13-14-27-25)23-11-3-4-12-26(23)29-2/h3-4,6,8,10-14,16-17,28H,1,5,7,9,15H2,2H3. The molecule has 1 aliphatic rings. The fourth-order valence-corrected chi connectivity index (χ4v) is 3.96. The highest BCUT2D eigenvalue weighted by Gasteiger charge is 2.17. The Balaban J connectivity index is 1.73. The summed E-state index contributed by atoms with van der Waals surface area (Å²) in [6.07, 6.45) is 7.93. The maximum absolute atomic E-state index is 9.79. The van der Waals surface area contributed by atoms with Crippen LogP contribution in [-0.4, -0.2) is 17.2 Å². The first-order valence-electron chi connectivity index (χ1n) is 9.93. The third-order valence-electron chi connectivity index (χ3n) is 5.46. The number of hydrogen-bond donors (Lipinski definition) is 1. The summed E-state index contributed by atoms with van der Waals surface area (Å²) in [5.74, 6) is 1.15. The summed E-state index contributed by atoms with van der Waals surface area (Å²) in [5.41, 5.74) is 7.83. The fraction of sp³-hybridized carbons (Fsp3) is 0.192. The van der Waals surface area contributed by atoms with Gasteiger partial charge in [0.15, 0.2) is 0 Å². The number of rotatable bonds is 5.